The fourth-order valence-corrected chi connectivity index (χ4v) is 5.10. The minimum Gasteiger partial charge on any atom is -0.475 e. The molecule has 0 spiro atoms. The Bertz CT molecular complexity index is 1300. The van der Waals surface area contributed by atoms with E-state index in [1.165, 1.54) is 6.07 Å². The number of fused-ring (bicyclic) bond motifs is 1. The number of carbonyl (C=O) groups excluding carboxylic acids is 1. The van der Waals surface area contributed by atoms with Gasteiger partial charge < -0.3 is 4.74 Å². The minimum atomic E-state index is -4.10. The minimum absolute atomic E-state index is 0.0331. The Morgan fingerprint density at radius 1 is 1.22 bits per heavy atom. The number of amides is 1. The quantitative estimate of drug-likeness (QED) is 0.584. The zero-order valence-corrected chi connectivity index (χ0v) is 19.5. The highest BCUT2D eigenvalue weighted by Crippen LogP contribution is 2.51. The monoisotopic (exact) mass is 453 g/mol. The van der Waals surface area contributed by atoms with E-state index in [1.807, 2.05) is 33.8 Å². The second kappa shape index (κ2) is 8.16. The molecular weight excluding hydrogens is 426 g/mol. The molecule has 0 aliphatic heterocycles. The molecule has 0 unspecified atom stereocenters. The second-order valence-corrected chi connectivity index (χ2v) is 10.2. The summed E-state index contributed by atoms with van der Waals surface area (Å²) >= 11 is 0. The van der Waals surface area contributed by atoms with Crippen molar-refractivity contribution in [2.24, 2.45) is 0 Å². The van der Waals surface area contributed by atoms with Gasteiger partial charge in [0.2, 0.25) is 11.8 Å². The maximum Gasteiger partial charge on any atom is 0.264 e. The third-order valence-electron chi connectivity index (χ3n) is 5.71. The highest BCUT2D eigenvalue weighted by molar-refractivity contribution is 7.90. The first-order valence-electron chi connectivity index (χ1n) is 10.8. The zero-order valence-electron chi connectivity index (χ0n) is 18.7. The van der Waals surface area contributed by atoms with E-state index in [-0.39, 0.29) is 11.0 Å². The van der Waals surface area contributed by atoms with Gasteiger partial charge in [-0.1, -0.05) is 13.0 Å². The van der Waals surface area contributed by atoms with Crippen molar-refractivity contribution in [2.45, 2.75) is 63.4 Å². The first-order chi connectivity index (χ1) is 15.2. The maximum atomic E-state index is 13.4. The summed E-state index contributed by atoms with van der Waals surface area (Å²) in [7, 11) is -4.10. The topological polar surface area (TPSA) is 98.2 Å². The third-order valence-corrected chi connectivity index (χ3v) is 7.10. The van der Waals surface area contributed by atoms with Gasteiger partial charge >= 0.3 is 0 Å². The standard InChI is InChI=1S/C24H27N3O4S/c1-5-17-13-19(22(25-14-17)31-15(2)3)24(11-12-24)23(28)27-32(29,30)21-8-6-7-20-18(21)10-9-16(4)26-20/h6-10,13-15H,5,11-12H2,1-4H3,(H,27,28). The lowest BCUT2D eigenvalue weighted by Crippen LogP contribution is -2.39. The van der Waals surface area contributed by atoms with E-state index < -0.39 is 21.3 Å². The Kier molecular flexibility index (Phi) is 5.67. The van der Waals surface area contributed by atoms with E-state index in [2.05, 4.69) is 14.7 Å². The van der Waals surface area contributed by atoms with Crippen molar-refractivity contribution in [1.82, 2.24) is 14.7 Å². The lowest BCUT2D eigenvalue weighted by molar-refractivity contribution is -0.121. The molecule has 1 aliphatic carbocycles. The molecule has 1 aliphatic rings. The average Bonchev–Trinajstić information content (AvgIpc) is 3.54. The predicted molar refractivity (Wildman–Crippen MR) is 122 cm³/mol. The molecule has 2 aromatic heterocycles. The van der Waals surface area contributed by atoms with E-state index in [4.69, 9.17) is 4.74 Å². The largest absolute Gasteiger partial charge is 0.475 e. The smallest absolute Gasteiger partial charge is 0.264 e. The van der Waals surface area contributed by atoms with Gasteiger partial charge in [0.05, 0.1) is 21.9 Å². The summed E-state index contributed by atoms with van der Waals surface area (Å²) in [6.45, 7) is 7.62. The SMILES string of the molecule is CCc1cnc(OC(C)C)c(C2(C(=O)NS(=O)(=O)c3cccc4nc(C)ccc34)CC2)c1. The summed E-state index contributed by atoms with van der Waals surface area (Å²) in [6.07, 6.45) is 3.43. The number of sulfonamides is 1. The average molecular weight is 454 g/mol. The van der Waals surface area contributed by atoms with Gasteiger partial charge in [-0.3, -0.25) is 9.78 Å². The Labute approximate surface area is 188 Å². The summed E-state index contributed by atoms with van der Waals surface area (Å²) in [5.41, 5.74) is 2.00. The Balaban J connectivity index is 1.70. The number of hydrogen-bond acceptors (Lipinski definition) is 6. The van der Waals surface area contributed by atoms with Crippen molar-refractivity contribution < 1.29 is 17.9 Å². The molecule has 4 rings (SSSR count). The number of nitrogens with one attached hydrogen (secondary N) is 1. The van der Waals surface area contributed by atoms with Crippen LogP contribution in [0.4, 0.5) is 0 Å². The molecule has 1 fully saturated rings. The fourth-order valence-electron chi connectivity index (χ4n) is 3.83. The van der Waals surface area contributed by atoms with Crippen LogP contribution in [0.5, 0.6) is 5.88 Å². The van der Waals surface area contributed by atoms with Crippen LogP contribution < -0.4 is 9.46 Å². The predicted octanol–water partition coefficient (Wildman–Crippen LogP) is 3.82. The normalized spacial score (nSPS) is 15.0. The molecule has 1 saturated carbocycles. The van der Waals surface area contributed by atoms with Crippen LogP contribution in [-0.4, -0.2) is 30.4 Å². The molecule has 7 nitrogen and oxygen atoms in total. The number of aromatic nitrogens is 2. The number of rotatable bonds is 7. The first-order valence-corrected chi connectivity index (χ1v) is 12.2. The first kappa shape index (κ1) is 22.2. The number of carbonyl (C=O) groups is 1. The van der Waals surface area contributed by atoms with E-state index in [1.54, 1.807) is 30.5 Å². The van der Waals surface area contributed by atoms with Gasteiger partial charge in [0.15, 0.2) is 0 Å². The van der Waals surface area contributed by atoms with Gasteiger partial charge in [-0.15, -0.1) is 0 Å². The summed E-state index contributed by atoms with van der Waals surface area (Å²) in [5, 5.41) is 0.474. The summed E-state index contributed by atoms with van der Waals surface area (Å²) in [6, 6.07) is 10.2. The highest BCUT2D eigenvalue weighted by Gasteiger charge is 2.54. The van der Waals surface area contributed by atoms with Gasteiger partial charge in [-0.05, 0) is 75.9 Å². The van der Waals surface area contributed by atoms with Crippen molar-refractivity contribution in [3.05, 3.63) is 59.4 Å². The molecule has 2 heterocycles. The summed E-state index contributed by atoms with van der Waals surface area (Å²) in [5.74, 6) is -0.176. The van der Waals surface area contributed by atoms with E-state index in [9.17, 15) is 13.2 Å². The van der Waals surface area contributed by atoms with Crippen molar-refractivity contribution in [3.63, 3.8) is 0 Å². The van der Waals surface area contributed by atoms with Crippen molar-refractivity contribution >= 4 is 26.8 Å². The van der Waals surface area contributed by atoms with Crippen LogP contribution in [0.1, 0.15) is 50.4 Å². The van der Waals surface area contributed by atoms with Crippen molar-refractivity contribution in [1.29, 1.82) is 0 Å². The molecule has 8 heteroatoms. The number of nitrogens with zero attached hydrogens (tertiary/aromatic N) is 2. The number of aryl methyl sites for hydroxylation is 2. The van der Waals surface area contributed by atoms with Crippen LogP contribution >= 0.6 is 0 Å². The summed E-state index contributed by atoms with van der Waals surface area (Å²) in [4.78, 5) is 22.2. The van der Waals surface area contributed by atoms with Gasteiger partial charge in [0.25, 0.3) is 10.0 Å². The molecule has 32 heavy (non-hydrogen) atoms. The van der Waals surface area contributed by atoms with Crippen LogP contribution in [-0.2, 0) is 26.7 Å². The van der Waals surface area contributed by atoms with E-state index in [0.717, 1.165) is 17.7 Å². The van der Waals surface area contributed by atoms with Gasteiger partial charge in [0, 0.05) is 22.8 Å². The van der Waals surface area contributed by atoms with Crippen LogP contribution in [0.15, 0.2) is 47.5 Å². The lowest BCUT2D eigenvalue weighted by Gasteiger charge is -2.21. The molecule has 1 aromatic carbocycles. The fraction of sp³-hybridized carbons (Fsp3) is 0.375. The highest BCUT2D eigenvalue weighted by atomic mass is 32.2. The zero-order chi connectivity index (χ0) is 23.1. The molecule has 3 aromatic rings. The molecule has 0 radical (unpaired) electrons. The number of pyridine rings is 2. The molecular formula is C24H27N3O4S. The van der Waals surface area contributed by atoms with Crippen molar-refractivity contribution in [2.75, 3.05) is 0 Å². The Morgan fingerprint density at radius 2 is 1.97 bits per heavy atom. The number of ether oxygens (including phenoxy) is 1. The van der Waals surface area contributed by atoms with Gasteiger partial charge in [0.1, 0.15) is 0 Å². The maximum absolute atomic E-state index is 13.4. The van der Waals surface area contributed by atoms with Crippen LogP contribution in [0.2, 0.25) is 0 Å². The molecule has 0 atom stereocenters. The number of hydrogen-bond donors (Lipinski definition) is 1. The van der Waals surface area contributed by atoms with Crippen LogP contribution in [0.3, 0.4) is 0 Å². The molecule has 168 valence electrons. The summed E-state index contributed by atoms with van der Waals surface area (Å²) < 4.78 is 34.6. The molecule has 1 N–H and O–H groups in total. The van der Waals surface area contributed by atoms with Crippen LogP contribution in [0.25, 0.3) is 10.9 Å². The second-order valence-electron chi connectivity index (χ2n) is 8.51. The van der Waals surface area contributed by atoms with E-state index in [0.29, 0.717) is 35.2 Å². The lowest BCUT2D eigenvalue weighted by atomic mass is 9.94. The molecule has 0 bridgehead atoms. The van der Waals surface area contributed by atoms with Gasteiger partial charge in [-0.2, -0.15) is 0 Å². The molecule has 1 amide bonds. The van der Waals surface area contributed by atoms with Crippen molar-refractivity contribution in [3.8, 4) is 5.88 Å². The Morgan fingerprint density at radius 3 is 2.62 bits per heavy atom. The Hall–Kier alpha value is -3.00. The third kappa shape index (κ3) is 4.07. The van der Waals surface area contributed by atoms with E-state index >= 15 is 0 Å². The van der Waals surface area contributed by atoms with Gasteiger partial charge in [-0.25, -0.2) is 18.1 Å². The molecule has 0 saturated heterocycles. The number of benzene rings is 1. The van der Waals surface area contributed by atoms with Crippen LogP contribution in [0, 0.1) is 6.92 Å².